The Morgan fingerprint density at radius 1 is 1.17 bits per heavy atom. The smallest absolute Gasteiger partial charge is 0.247 e. The first-order valence-electron chi connectivity index (χ1n) is 9.60. The van der Waals surface area contributed by atoms with Crippen LogP contribution in [0.25, 0.3) is 11.3 Å². The molecular weight excluding hydrogens is 416 g/mol. The standard InChI is InChI=1S/C22H22N4O2S2/c1-5-30-22-23-20-19(24-25-22)17-12-13(2)6-11-18(17)26(14(3)27)21(28-20)15-7-9-16(29-4)10-8-15/h6-12,21H,5H2,1-4H3/t21-/m1/s1. The highest BCUT2D eigenvalue weighted by molar-refractivity contribution is 7.99. The zero-order chi connectivity index (χ0) is 21.3. The highest BCUT2D eigenvalue weighted by atomic mass is 32.2. The molecule has 1 atom stereocenters. The molecule has 0 fully saturated rings. The van der Waals surface area contributed by atoms with Crippen molar-refractivity contribution in [2.75, 3.05) is 16.9 Å². The van der Waals surface area contributed by atoms with Crippen LogP contribution in [-0.2, 0) is 4.79 Å². The minimum absolute atomic E-state index is 0.122. The first kappa shape index (κ1) is 20.7. The van der Waals surface area contributed by atoms with Gasteiger partial charge in [0.1, 0.15) is 0 Å². The molecule has 0 radical (unpaired) electrons. The summed E-state index contributed by atoms with van der Waals surface area (Å²) in [5, 5.41) is 9.24. The lowest BCUT2D eigenvalue weighted by atomic mass is 10.0. The number of thioether (sulfide) groups is 2. The largest absolute Gasteiger partial charge is 0.447 e. The van der Waals surface area contributed by atoms with Gasteiger partial charge in [0.05, 0.1) is 5.69 Å². The number of benzene rings is 2. The number of hydrogen-bond donors (Lipinski definition) is 0. The number of amides is 1. The summed E-state index contributed by atoms with van der Waals surface area (Å²) >= 11 is 3.17. The zero-order valence-corrected chi connectivity index (χ0v) is 18.9. The SMILES string of the molecule is CCSc1nnc2c(n1)O[C@H](c1ccc(SC)cc1)N(C(C)=O)c1ccc(C)cc1-2. The van der Waals surface area contributed by atoms with Crippen molar-refractivity contribution < 1.29 is 9.53 Å². The predicted molar refractivity (Wildman–Crippen MR) is 121 cm³/mol. The topological polar surface area (TPSA) is 68.2 Å². The fraction of sp³-hybridized carbons (Fsp3) is 0.273. The lowest BCUT2D eigenvalue weighted by Gasteiger charge is -2.30. The maximum Gasteiger partial charge on any atom is 0.247 e. The van der Waals surface area contributed by atoms with E-state index in [9.17, 15) is 4.79 Å². The number of carbonyl (C=O) groups is 1. The van der Waals surface area contributed by atoms with Crippen LogP contribution in [0, 0.1) is 6.92 Å². The van der Waals surface area contributed by atoms with Crippen LogP contribution in [0.5, 0.6) is 5.88 Å². The number of aryl methyl sites for hydroxylation is 1. The molecular formula is C22H22N4O2S2. The van der Waals surface area contributed by atoms with Crippen molar-refractivity contribution in [3.63, 3.8) is 0 Å². The molecule has 1 amide bonds. The number of carbonyl (C=O) groups excluding carboxylic acids is 1. The summed E-state index contributed by atoms with van der Waals surface area (Å²) in [5.41, 5.74) is 3.99. The highest BCUT2D eigenvalue weighted by Gasteiger charge is 2.34. The van der Waals surface area contributed by atoms with Crippen molar-refractivity contribution in [3.05, 3.63) is 53.6 Å². The molecule has 0 aliphatic carbocycles. The van der Waals surface area contributed by atoms with Gasteiger partial charge in [-0.3, -0.25) is 9.69 Å². The second-order valence-corrected chi connectivity index (χ2v) is 8.94. The second-order valence-electron chi connectivity index (χ2n) is 6.83. The molecule has 3 aromatic rings. The van der Waals surface area contributed by atoms with Crippen molar-refractivity contribution in [2.24, 2.45) is 0 Å². The van der Waals surface area contributed by atoms with Crippen molar-refractivity contribution in [1.29, 1.82) is 0 Å². The van der Waals surface area contributed by atoms with Crippen molar-refractivity contribution in [1.82, 2.24) is 15.2 Å². The van der Waals surface area contributed by atoms with Crippen LogP contribution >= 0.6 is 23.5 Å². The van der Waals surface area contributed by atoms with E-state index in [0.29, 0.717) is 16.7 Å². The summed E-state index contributed by atoms with van der Waals surface area (Å²) in [6.07, 6.45) is 1.38. The third-order valence-electron chi connectivity index (χ3n) is 4.77. The maximum absolute atomic E-state index is 12.8. The monoisotopic (exact) mass is 438 g/mol. The summed E-state index contributed by atoms with van der Waals surface area (Å²) in [7, 11) is 0. The molecule has 0 N–H and O–H groups in total. The summed E-state index contributed by atoms with van der Waals surface area (Å²) in [6.45, 7) is 5.58. The van der Waals surface area contributed by atoms with Crippen LogP contribution in [0.3, 0.4) is 0 Å². The Morgan fingerprint density at radius 2 is 1.93 bits per heavy atom. The van der Waals surface area contributed by atoms with E-state index in [0.717, 1.165) is 33.0 Å². The summed E-state index contributed by atoms with van der Waals surface area (Å²) in [5.74, 6) is 1.09. The van der Waals surface area contributed by atoms with Gasteiger partial charge < -0.3 is 4.74 Å². The van der Waals surface area contributed by atoms with Gasteiger partial charge in [0.25, 0.3) is 0 Å². The highest BCUT2D eigenvalue weighted by Crippen LogP contribution is 2.43. The van der Waals surface area contributed by atoms with Crippen molar-refractivity contribution in [3.8, 4) is 17.1 Å². The minimum Gasteiger partial charge on any atom is -0.447 e. The first-order chi connectivity index (χ1) is 14.5. The van der Waals surface area contributed by atoms with Gasteiger partial charge in [-0.2, -0.15) is 4.98 Å². The Balaban J connectivity index is 1.93. The molecule has 2 heterocycles. The Hall–Kier alpha value is -2.58. The van der Waals surface area contributed by atoms with Gasteiger partial charge >= 0.3 is 0 Å². The number of anilines is 1. The number of nitrogens with zero attached hydrogens (tertiary/aromatic N) is 4. The molecule has 2 aromatic carbocycles. The fourth-order valence-electron chi connectivity index (χ4n) is 3.39. The van der Waals surface area contributed by atoms with Crippen LogP contribution in [0.1, 0.15) is 31.2 Å². The average Bonchev–Trinajstić information content (AvgIpc) is 2.88. The molecule has 4 rings (SSSR count). The normalized spacial score (nSPS) is 15.1. The average molecular weight is 439 g/mol. The van der Waals surface area contributed by atoms with Gasteiger partial charge in [-0.25, -0.2) is 0 Å². The Morgan fingerprint density at radius 3 is 2.60 bits per heavy atom. The summed E-state index contributed by atoms with van der Waals surface area (Å²) in [6, 6.07) is 13.9. The van der Waals surface area contributed by atoms with E-state index in [2.05, 4.69) is 15.2 Å². The Labute approximate surface area is 184 Å². The van der Waals surface area contributed by atoms with Gasteiger partial charge in [0.15, 0.2) is 5.69 Å². The lowest BCUT2D eigenvalue weighted by Crippen LogP contribution is -2.36. The van der Waals surface area contributed by atoms with E-state index in [1.54, 1.807) is 23.6 Å². The number of aromatic nitrogens is 3. The molecule has 8 heteroatoms. The molecule has 30 heavy (non-hydrogen) atoms. The molecule has 0 bridgehead atoms. The zero-order valence-electron chi connectivity index (χ0n) is 17.2. The molecule has 1 aromatic heterocycles. The van der Waals surface area contributed by atoms with E-state index in [1.165, 1.54) is 11.8 Å². The van der Waals surface area contributed by atoms with Crippen LogP contribution in [0.15, 0.2) is 52.5 Å². The summed E-state index contributed by atoms with van der Waals surface area (Å²) in [4.78, 5) is 20.2. The van der Waals surface area contributed by atoms with E-state index in [-0.39, 0.29) is 5.91 Å². The number of hydrogen-bond acceptors (Lipinski definition) is 7. The number of ether oxygens (including phenoxy) is 1. The quantitative estimate of drug-likeness (QED) is 0.523. The van der Waals surface area contributed by atoms with Crippen molar-refractivity contribution >= 4 is 35.1 Å². The maximum atomic E-state index is 12.8. The van der Waals surface area contributed by atoms with Crippen LogP contribution < -0.4 is 9.64 Å². The molecule has 6 nitrogen and oxygen atoms in total. The molecule has 0 saturated carbocycles. The molecule has 0 unspecified atom stereocenters. The lowest BCUT2D eigenvalue weighted by molar-refractivity contribution is -0.118. The molecule has 154 valence electrons. The van der Waals surface area contributed by atoms with E-state index >= 15 is 0 Å². The summed E-state index contributed by atoms with van der Waals surface area (Å²) < 4.78 is 6.37. The van der Waals surface area contributed by atoms with Gasteiger partial charge in [-0.05, 0) is 43.2 Å². The number of fused-ring (bicyclic) bond motifs is 3. The van der Waals surface area contributed by atoms with Gasteiger partial charge in [-0.1, -0.05) is 42.4 Å². The van der Waals surface area contributed by atoms with Crippen molar-refractivity contribution in [2.45, 2.75) is 37.1 Å². The third kappa shape index (κ3) is 3.89. The van der Waals surface area contributed by atoms with Gasteiger partial charge in [0, 0.05) is 22.9 Å². The third-order valence-corrected chi connectivity index (χ3v) is 6.24. The van der Waals surface area contributed by atoms with Gasteiger partial charge in [-0.15, -0.1) is 22.0 Å². The Bertz CT molecular complexity index is 1090. The predicted octanol–water partition coefficient (Wildman–Crippen LogP) is 5.13. The second kappa shape index (κ2) is 8.65. The molecule has 1 aliphatic rings. The fourth-order valence-corrected chi connectivity index (χ4v) is 4.31. The van der Waals surface area contributed by atoms with Crippen LogP contribution in [0.4, 0.5) is 5.69 Å². The van der Waals surface area contributed by atoms with E-state index < -0.39 is 6.23 Å². The molecule has 1 aliphatic heterocycles. The van der Waals surface area contributed by atoms with Crippen LogP contribution in [-0.4, -0.2) is 33.1 Å². The van der Waals surface area contributed by atoms with Gasteiger partial charge in [0.2, 0.25) is 23.2 Å². The van der Waals surface area contributed by atoms with Crippen LogP contribution in [0.2, 0.25) is 0 Å². The molecule has 0 saturated heterocycles. The first-order valence-corrected chi connectivity index (χ1v) is 11.8. The van der Waals surface area contributed by atoms with E-state index in [4.69, 9.17) is 4.74 Å². The number of rotatable bonds is 4. The van der Waals surface area contributed by atoms with E-state index in [1.807, 2.05) is 62.6 Å². The minimum atomic E-state index is -0.655. The molecule has 0 spiro atoms. The Kier molecular flexibility index (Phi) is 5.97.